The Morgan fingerprint density at radius 1 is 1.04 bits per heavy atom. The number of ketones is 1. The summed E-state index contributed by atoms with van der Waals surface area (Å²) in [5.41, 5.74) is 3.09. The minimum absolute atomic E-state index is 0. The molecule has 0 saturated carbocycles. The highest BCUT2D eigenvalue weighted by Crippen LogP contribution is 2.38. The van der Waals surface area contributed by atoms with E-state index in [-0.39, 0.29) is 29.3 Å². The van der Waals surface area contributed by atoms with Crippen molar-refractivity contribution in [1.29, 1.82) is 0 Å². The van der Waals surface area contributed by atoms with Gasteiger partial charge in [-0.1, -0.05) is 24.3 Å². The predicted molar refractivity (Wildman–Crippen MR) is 110 cm³/mol. The molecule has 0 atom stereocenters. The number of hydrogen-bond donors (Lipinski definition) is 0. The summed E-state index contributed by atoms with van der Waals surface area (Å²) < 4.78 is 4.69. The van der Waals surface area contributed by atoms with Crippen LogP contribution in [-0.2, 0) is 4.74 Å². The molecule has 4 rings (SSSR count). The number of guanidine groups is 1. The Morgan fingerprint density at radius 3 is 2.41 bits per heavy atom. The summed E-state index contributed by atoms with van der Waals surface area (Å²) in [5, 5.41) is 0. The summed E-state index contributed by atoms with van der Waals surface area (Å²) in [5.74, 6) is 0.410. The van der Waals surface area contributed by atoms with Gasteiger partial charge in [0.25, 0.3) is 0 Å². The molecule has 140 valence electrons. The first-order chi connectivity index (χ1) is 12.7. The van der Waals surface area contributed by atoms with Gasteiger partial charge in [0.1, 0.15) is 0 Å². The lowest BCUT2D eigenvalue weighted by molar-refractivity contribution is 0.0600. The Kier molecular flexibility index (Phi) is 5.60. The second kappa shape index (κ2) is 7.92. The third kappa shape index (κ3) is 3.47. The molecule has 27 heavy (non-hydrogen) atoms. The molecule has 7 heteroatoms. The molecule has 2 aliphatic heterocycles. The number of carbonyl (C=O) groups is 2. The molecule has 0 unspecified atom stereocenters. The monoisotopic (exact) mass is 429 g/mol. The predicted octanol–water partition coefficient (Wildman–Crippen LogP) is 3.32. The van der Waals surface area contributed by atoms with Crippen molar-refractivity contribution >= 4 is 46.1 Å². The number of fused-ring (bicyclic) bond motifs is 3. The molecule has 6 nitrogen and oxygen atoms in total. The number of esters is 1. The zero-order valence-electron chi connectivity index (χ0n) is 14.9. The molecule has 0 fully saturated rings. The lowest BCUT2D eigenvalue weighted by Gasteiger charge is -2.26. The number of halogens is 1. The van der Waals surface area contributed by atoms with Crippen LogP contribution >= 0.6 is 17.0 Å². The molecule has 0 bridgehead atoms. The number of methoxy groups -OCH3 is 1. The first kappa shape index (κ1) is 19.1. The maximum Gasteiger partial charge on any atom is 0.337 e. The van der Waals surface area contributed by atoms with Crippen molar-refractivity contribution in [1.82, 2.24) is 0 Å². The summed E-state index contributed by atoms with van der Waals surface area (Å²) in [7, 11) is 1.34. The second-order valence-corrected chi connectivity index (χ2v) is 6.25. The maximum absolute atomic E-state index is 12.8. The Balaban J connectivity index is 0.00000210. The maximum atomic E-state index is 12.8. The van der Waals surface area contributed by atoms with Crippen molar-refractivity contribution in [2.45, 2.75) is 6.42 Å². The van der Waals surface area contributed by atoms with Crippen LogP contribution < -0.4 is 9.80 Å². The molecular formula is C20H20BrN3O3. The number of carbonyl (C=O) groups excluding carboxylic acids is 2. The first-order valence-electron chi connectivity index (χ1n) is 8.59. The SMILES string of the molecule is Br.COC(=O)c1ccc(C(=O)CN2C3=NCCCN3c3ccccc32)cc1. The fraction of sp³-hybridized carbons (Fsp3) is 0.250. The van der Waals surface area contributed by atoms with Crippen molar-refractivity contribution in [3.05, 3.63) is 59.7 Å². The van der Waals surface area contributed by atoms with E-state index in [0.29, 0.717) is 11.1 Å². The van der Waals surface area contributed by atoms with Gasteiger partial charge in [0.2, 0.25) is 5.96 Å². The lowest BCUT2D eigenvalue weighted by Crippen LogP contribution is -2.43. The van der Waals surface area contributed by atoms with Gasteiger partial charge in [-0.05, 0) is 30.7 Å². The van der Waals surface area contributed by atoms with Crippen molar-refractivity contribution in [2.75, 3.05) is 36.5 Å². The van der Waals surface area contributed by atoms with E-state index < -0.39 is 5.97 Å². The molecule has 0 N–H and O–H groups in total. The second-order valence-electron chi connectivity index (χ2n) is 6.25. The molecule has 2 aromatic carbocycles. The summed E-state index contributed by atoms with van der Waals surface area (Å²) >= 11 is 0. The highest BCUT2D eigenvalue weighted by atomic mass is 79.9. The number of rotatable bonds is 4. The van der Waals surface area contributed by atoms with Crippen molar-refractivity contribution in [2.24, 2.45) is 4.99 Å². The van der Waals surface area contributed by atoms with E-state index in [4.69, 9.17) is 0 Å². The molecule has 2 heterocycles. The molecule has 2 aromatic rings. The number of para-hydroxylation sites is 2. The number of Topliss-reactive ketones (excluding diaryl/α,β-unsaturated/α-hetero) is 1. The van der Waals surface area contributed by atoms with E-state index in [0.717, 1.165) is 36.8 Å². The summed E-state index contributed by atoms with van der Waals surface area (Å²) in [6, 6.07) is 14.6. The minimum Gasteiger partial charge on any atom is -0.465 e. The van der Waals surface area contributed by atoms with Gasteiger partial charge in [-0.15, -0.1) is 17.0 Å². The molecule has 2 aliphatic rings. The van der Waals surface area contributed by atoms with Crippen LogP contribution in [0.25, 0.3) is 0 Å². The van der Waals surface area contributed by atoms with E-state index in [1.165, 1.54) is 7.11 Å². The van der Waals surface area contributed by atoms with Crippen LogP contribution in [-0.4, -0.2) is 44.5 Å². The standard InChI is InChI=1S/C20H19N3O3.BrH/c1-26-19(25)15-9-7-14(8-10-15)18(24)13-23-17-6-3-2-5-16(17)22-12-4-11-21-20(22)23;/h2-3,5-10H,4,11-13H2,1H3;1H. The van der Waals surface area contributed by atoms with Crippen molar-refractivity contribution in [3.8, 4) is 0 Å². The average Bonchev–Trinajstić information content (AvgIpc) is 3.01. The van der Waals surface area contributed by atoms with Crippen LogP contribution in [0.5, 0.6) is 0 Å². The Morgan fingerprint density at radius 2 is 1.70 bits per heavy atom. The molecule has 0 radical (unpaired) electrons. The van der Waals surface area contributed by atoms with Gasteiger partial charge in [0.05, 0.1) is 30.6 Å². The van der Waals surface area contributed by atoms with Crippen molar-refractivity contribution < 1.29 is 14.3 Å². The van der Waals surface area contributed by atoms with Crippen LogP contribution in [0.3, 0.4) is 0 Å². The van der Waals surface area contributed by atoms with E-state index in [9.17, 15) is 9.59 Å². The molecular weight excluding hydrogens is 410 g/mol. The normalized spacial score (nSPS) is 14.6. The van der Waals surface area contributed by atoms with Gasteiger partial charge in [-0.25, -0.2) is 4.79 Å². The largest absolute Gasteiger partial charge is 0.465 e. The van der Waals surface area contributed by atoms with E-state index >= 15 is 0 Å². The first-order valence-corrected chi connectivity index (χ1v) is 8.59. The van der Waals surface area contributed by atoms with Gasteiger partial charge >= 0.3 is 5.97 Å². The molecule has 0 aromatic heterocycles. The topological polar surface area (TPSA) is 62.2 Å². The lowest BCUT2D eigenvalue weighted by atomic mass is 10.1. The zero-order valence-corrected chi connectivity index (χ0v) is 16.6. The van der Waals surface area contributed by atoms with Crippen LogP contribution in [0, 0.1) is 0 Å². The summed E-state index contributed by atoms with van der Waals surface area (Å²) in [6.07, 6.45) is 1.01. The molecule has 0 saturated heterocycles. The van der Waals surface area contributed by atoms with E-state index in [1.54, 1.807) is 24.3 Å². The fourth-order valence-corrected chi connectivity index (χ4v) is 3.38. The number of hydrogen-bond acceptors (Lipinski definition) is 6. The number of benzene rings is 2. The highest BCUT2D eigenvalue weighted by molar-refractivity contribution is 8.93. The Hall–Kier alpha value is -2.67. The van der Waals surface area contributed by atoms with E-state index in [2.05, 4.69) is 20.7 Å². The highest BCUT2D eigenvalue weighted by Gasteiger charge is 2.34. The third-order valence-corrected chi connectivity index (χ3v) is 4.67. The van der Waals surface area contributed by atoms with Crippen LogP contribution in [0.2, 0.25) is 0 Å². The smallest absolute Gasteiger partial charge is 0.337 e. The molecule has 0 amide bonds. The molecule has 0 aliphatic carbocycles. The number of ether oxygens (including phenoxy) is 1. The third-order valence-electron chi connectivity index (χ3n) is 4.67. The van der Waals surface area contributed by atoms with E-state index in [1.807, 2.05) is 23.1 Å². The number of nitrogens with zero attached hydrogens (tertiary/aromatic N) is 3. The molecule has 0 spiro atoms. The zero-order chi connectivity index (χ0) is 18.1. The Labute approximate surface area is 168 Å². The number of anilines is 2. The summed E-state index contributed by atoms with van der Waals surface area (Å²) in [4.78, 5) is 33.1. The number of aliphatic imine (C=N–C) groups is 1. The average molecular weight is 430 g/mol. The quantitative estimate of drug-likeness (QED) is 0.550. The van der Waals surface area contributed by atoms with Crippen LogP contribution in [0.15, 0.2) is 53.5 Å². The van der Waals surface area contributed by atoms with Gasteiger partial charge in [0.15, 0.2) is 5.78 Å². The van der Waals surface area contributed by atoms with Gasteiger partial charge < -0.3 is 14.5 Å². The minimum atomic E-state index is -0.412. The fourth-order valence-electron chi connectivity index (χ4n) is 3.38. The van der Waals surface area contributed by atoms with Gasteiger partial charge in [0, 0.05) is 18.7 Å². The van der Waals surface area contributed by atoms with Gasteiger partial charge in [-0.2, -0.15) is 0 Å². The van der Waals surface area contributed by atoms with Crippen LogP contribution in [0.4, 0.5) is 11.4 Å². The van der Waals surface area contributed by atoms with Crippen LogP contribution in [0.1, 0.15) is 27.1 Å². The Bertz CT molecular complexity index is 896. The van der Waals surface area contributed by atoms with Crippen molar-refractivity contribution in [3.63, 3.8) is 0 Å². The van der Waals surface area contributed by atoms with Gasteiger partial charge in [-0.3, -0.25) is 9.79 Å². The summed E-state index contributed by atoms with van der Waals surface area (Å²) in [6.45, 7) is 1.90.